The van der Waals surface area contributed by atoms with Crippen LogP contribution in [0.15, 0.2) is 42.5 Å². The van der Waals surface area contributed by atoms with Crippen LogP contribution in [0.2, 0.25) is 5.02 Å². The van der Waals surface area contributed by atoms with Crippen molar-refractivity contribution in [2.75, 3.05) is 5.32 Å². The zero-order chi connectivity index (χ0) is 18.0. The molecule has 3 rings (SSSR count). The predicted octanol–water partition coefficient (Wildman–Crippen LogP) is 3.13. The Morgan fingerprint density at radius 1 is 1.24 bits per heavy atom. The van der Waals surface area contributed by atoms with Gasteiger partial charge in [-0.2, -0.15) is 0 Å². The third-order valence-electron chi connectivity index (χ3n) is 3.85. The molecule has 2 N–H and O–H groups in total. The molecule has 0 spiro atoms. The summed E-state index contributed by atoms with van der Waals surface area (Å²) in [5.74, 6) is -1.12. The normalized spacial score (nSPS) is 18.5. The fourth-order valence-corrected chi connectivity index (χ4v) is 2.57. The van der Waals surface area contributed by atoms with E-state index in [2.05, 4.69) is 10.6 Å². The van der Waals surface area contributed by atoms with E-state index in [9.17, 15) is 14.0 Å². The fourth-order valence-electron chi connectivity index (χ4n) is 2.36. The van der Waals surface area contributed by atoms with Gasteiger partial charge in [0.15, 0.2) is 6.10 Å². The number of rotatable bonds is 5. The minimum atomic E-state index is -0.464. The van der Waals surface area contributed by atoms with Crippen molar-refractivity contribution in [2.45, 2.75) is 25.7 Å². The minimum Gasteiger partial charge on any atom is -0.359 e. The summed E-state index contributed by atoms with van der Waals surface area (Å²) in [5.41, 5.74) is 1.00. The van der Waals surface area contributed by atoms with E-state index in [4.69, 9.17) is 16.3 Å². The third-order valence-corrected chi connectivity index (χ3v) is 4.17. The lowest BCUT2D eigenvalue weighted by Crippen LogP contribution is -2.24. The predicted molar refractivity (Wildman–Crippen MR) is 92.0 cm³/mol. The highest BCUT2D eigenvalue weighted by Crippen LogP contribution is 2.25. The van der Waals surface area contributed by atoms with Crippen LogP contribution in [0, 0.1) is 5.82 Å². The summed E-state index contributed by atoms with van der Waals surface area (Å²) in [6.07, 6.45) is -0.565. The van der Waals surface area contributed by atoms with Gasteiger partial charge >= 0.3 is 0 Å². The second-order valence-corrected chi connectivity index (χ2v) is 6.13. The molecule has 2 amide bonds. The van der Waals surface area contributed by atoms with Crippen LogP contribution in [0.5, 0.6) is 0 Å². The minimum absolute atomic E-state index is 0.0336. The number of hydrogen-bond acceptors (Lipinski definition) is 3. The summed E-state index contributed by atoms with van der Waals surface area (Å²) in [7, 11) is 0. The number of nitrogens with one attached hydrogen (secondary N) is 2. The van der Waals surface area contributed by atoms with Crippen molar-refractivity contribution in [3.8, 4) is 0 Å². The number of epoxide rings is 1. The van der Waals surface area contributed by atoms with Crippen molar-refractivity contribution in [3.05, 3.63) is 64.4 Å². The molecule has 130 valence electrons. The van der Waals surface area contributed by atoms with Gasteiger partial charge in [-0.25, -0.2) is 4.39 Å². The summed E-state index contributed by atoms with van der Waals surface area (Å²) >= 11 is 6.07. The van der Waals surface area contributed by atoms with Crippen molar-refractivity contribution in [1.82, 2.24) is 5.32 Å². The van der Waals surface area contributed by atoms with Crippen LogP contribution >= 0.6 is 11.6 Å². The fraction of sp³-hybridized carbons (Fsp3) is 0.222. The molecule has 0 aromatic heterocycles. The van der Waals surface area contributed by atoms with Gasteiger partial charge in [0.1, 0.15) is 5.82 Å². The molecular weight excluding hydrogens is 347 g/mol. The average Bonchev–Trinajstić information content (AvgIpc) is 3.32. The van der Waals surface area contributed by atoms with Crippen LogP contribution in [0.25, 0.3) is 0 Å². The molecule has 1 heterocycles. The van der Waals surface area contributed by atoms with Crippen molar-refractivity contribution in [2.24, 2.45) is 0 Å². The first kappa shape index (κ1) is 17.4. The molecule has 0 aliphatic carbocycles. The van der Waals surface area contributed by atoms with Crippen LogP contribution < -0.4 is 10.6 Å². The molecule has 0 radical (unpaired) electrons. The molecule has 25 heavy (non-hydrogen) atoms. The number of carbonyl (C=O) groups excluding carboxylic acids is 2. The summed E-state index contributed by atoms with van der Waals surface area (Å²) in [6.45, 7) is 1.83. The monoisotopic (exact) mass is 362 g/mol. The second-order valence-electron chi connectivity index (χ2n) is 5.72. The second kappa shape index (κ2) is 7.21. The van der Waals surface area contributed by atoms with E-state index in [-0.39, 0.29) is 29.1 Å². The van der Waals surface area contributed by atoms with Crippen molar-refractivity contribution < 1.29 is 18.7 Å². The van der Waals surface area contributed by atoms with Crippen molar-refractivity contribution in [1.29, 1.82) is 0 Å². The first-order valence-corrected chi connectivity index (χ1v) is 8.11. The molecular formula is C18H16ClFN2O3. The van der Waals surface area contributed by atoms with Crippen molar-refractivity contribution >= 4 is 29.1 Å². The van der Waals surface area contributed by atoms with Crippen LogP contribution in [-0.4, -0.2) is 24.0 Å². The van der Waals surface area contributed by atoms with E-state index in [1.54, 1.807) is 31.2 Å². The summed E-state index contributed by atoms with van der Waals surface area (Å²) in [6, 6.07) is 10.8. The topological polar surface area (TPSA) is 70.7 Å². The van der Waals surface area contributed by atoms with Gasteiger partial charge in [-0.3, -0.25) is 9.59 Å². The Kier molecular flexibility index (Phi) is 5.01. The molecule has 1 aliphatic rings. The lowest BCUT2D eigenvalue weighted by molar-refractivity contribution is -0.117. The first-order valence-electron chi connectivity index (χ1n) is 7.73. The van der Waals surface area contributed by atoms with E-state index in [0.29, 0.717) is 11.3 Å². The van der Waals surface area contributed by atoms with E-state index in [1.807, 2.05) is 0 Å². The van der Waals surface area contributed by atoms with Gasteiger partial charge in [-0.05, 0) is 31.2 Å². The largest absolute Gasteiger partial charge is 0.359 e. The molecule has 0 saturated carbocycles. The lowest BCUT2D eigenvalue weighted by atomic mass is 10.1. The molecule has 1 fully saturated rings. The average molecular weight is 363 g/mol. The van der Waals surface area contributed by atoms with Gasteiger partial charge in [-0.1, -0.05) is 29.8 Å². The highest BCUT2D eigenvalue weighted by Gasteiger charge is 2.41. The van der Waals surface area contributed by atoms with E-state index >= 15 is 0 Å². The zero-order valence-electron chi connectivity index (χ0n) is 13.4. The first-order chi connectivity index (χ1) is 12.0. The molecule has 0 bridgehead atoms. The SMILES string of the molecule is C[C@@H]1O[C@H]1C(=O)Nc1ccc(Cl)c(C(=O)NCc2ccccc2F)c1. The molecule has 0 unspecified atom stereocenters. The van der Waals surface area contributed by atoms with Gasteiger partial charge < -0.3 is 15.4 Å². The number of hydrogen-bond donors (Lipinski definition) is 2. The van der Waals surface area contributed by atoms with E-state index in [1.165, 1.54) is 18.2 Å². The highest BCUT2D eigenvalue weighted by atomic mass is 35.5. The number of anilines is 1. The van der Waals surface area contributed by atoms with Gasteiger partial charge in [-0.15, -0.1) is 0 Å². The van der Waals surface area contributed by atoms with Crippen molar-refractivity contribution in [3.63, 3.8) is 0 Å². The van der Waals surface area contributed by atoms with Crippen LogP contribution in [0.1, 0.15) is 22.8 Å². The maximum absolute atomic E-state index is 13.6. The Morgan fingerprint density at radius 3 is 2.64 bits per heavy atom. The Bertz CT molecular complexity index is 828. The van der Waals surface area contributed by atoms with Crippen LogP contribution in [0.4, 0.5) is 10.1 Å². The Balaban J connectivity index is 1.68. The Hall–Kier alpha value is -2.44. The highest BCUT2D eigenvalue weighted by molar-refractivity contribution is 6.34. The summed E-state index contributed by atoms with van der Waals surface area (Å²) < 4.78 is 18.7. The molecule has 1 saturated heterocycles. The summed E-state index contributed by atoms with van der Waals surface area (Å²) in [5, 5.41) is 5.53. The Labute approximate surface area is 149 Å². The summed E-state index contributed by atoms with van der Waals surface area (Å²) in [4.78, 5) is 24.2. The van der Waals surface area contributed by atoms with E-state index in [0.717, 1.165) is 0 Å². The van der Waals surface area contributed by atoms with Crippen LogP contribution in [0.3, 0.4) is 0 Å². The van der Waals surface area contributed by atoms with Gasteiger partial charge in [0.2, 0.25) is 0 Å². The molecule has 7 heteroatoms. The smallest absolute Gasteiger partial charge is 0.256 e. The standard InChI is InChI=1S/C18H16ClFN2O3/c1-10-16(25-10)18(24)22-12-6-7-14(19)13(8-12)17(23)21-9-11-4-2-3-5-15(11)20/h2-8,10,16H,9H2,1H3,(H,21,23)(H,22,24)/t10-,16+/m0/s1. The van der Waals surface area contributed by atoms with Gasteiger partial charge in [0, 0.05) is 17.8 Å². The quantitative estimate of drug-likeness (QED) is 0.803. The molecule has 2 aromatic carbocycles. The number of carbonyl (C=O) groups is 2. The van der Waals surface area contributed by atoms with Gasteiger partial charge in [0.05, 0.1) is 16.7 Å². The maximum Gasteiger partial charge on any atom is 0.256 e. The maximum atomic E-state index is 13.6. The molecule has 2 atom stereocenters. The zero-order valence-corrected chi connectivity index (χ0v) is 14.1. The molecule has 2 aromatic rings. The Morgan fingerprint density at radius 2 is 1.96 bits per heavy atom. The van der Waals surface area contributed by atoms with E-state index < -0.39 is 17.8 Å². The number of amides is 2. The molecule has 1 aliphatic heterocycles. The lowest BCUT2D eigenvalue weighted by Gasteiger charge is -2.10. The number of benzene rings is 2. The number of ether oxygens (including phenoxy) is 1. The van der Waals surface area contributed by atoms with Gasteiger partial charge in [0.25, 0.3) is 11.8 Å². The third kappa shape index (κ3) is 4.15. The number of halogens is 2. The molecule has 5 nitrogen and oxygen atoms in total. The van der Waals surface area contributed by atoms with Crippen LogP contribution in [-0.2, 0) is 16.1 Å².